The molecule has 2 fully saturated rings. The highest BCUT2D eigenvalue weighted by atomic mass is 127. The van der Waals surface area contributed by atoms with E-state index in [4.69, 9.17) is 4.74 Å². The predicted octanol–water partition coefficient (Wildman–Crippen LogP) is 1.97. The van der Waals surface area contributed by atoms with E-state index in [0.717, 1.165) is 36.6 Å². The zero-order valence-electron chi connectivity index (χ0n) is 13.8. The third-order valence-corrected chi connectivity index (χ3v) is 5.20. The first-order valence-electron chi connectivity index (χ1n) is 8.20. The van der Waals surface area contributed by atoms with Crippen LogP contribution in [0.1, 0.15) is 35.4 Å². The normalized spacial score (nSPS) is 25.2. The van der Waals surface area contributed by atoms with Crippen molar-refractivity contribution in [3.05, 3.63) is 22.4 Å². The molecule has 0 saturated carbocycles. The molecule has 3 heterocycles. The molecule has 3 rings (SSSR count). The Labute approximate surface area is 163 Å². The van der Waals surface area contributed by atoms with Crippen molar-refractivity contribution in [3.63, 3.8) is 0 Å². The van der Waals surface area contributed by atoms with E-state index < -0.39 is 0 Å². The van der Waals surface area contributed by atoms with E-state index in [9.17, 15) is 4.79 Å². The molecular weight excluding hydrogens is 439 g/mol. The van der Waals surface area contributed by atoms with Crippen molar-refractivity contribution in [2.24, 2.45) is 4.99 Å². The minimum Gasteiger partial charge on any atom is -0.373 e. The molecule has 0 spiro atoms. The highest BCUT2D eigenvalue weighted by Crippen LogP contribution is 2.34. The second-order valence-corrected chi connectivity index (χ2v) is 6.89. The van der Waals surface area contributed by atoms with Gasteiger partial charge < -0.3 is 20.7 Å². The second kappa shape index (κ2) is 9.57. The number of nitrogens with zero attached hydrogens (tertiary/aromatic N) is 1. The summed E-state index contributed by atoms with van der Waals surface area (Å²) in [5.41, 5.74) is 0. The van der Waals surface area contributed by atoms with Crippen LogP contribution in [0.25, 0.3) is 0 Å². The minimum absolute atomic E-state index is 0. The number of ether oxygens (including phenoxy) is 1. The van der Waals surface area contributed by atoms with Gasteiger partial charge in [-0.3, -0.25) is 9.79 Å². The summed E-state index contributed by atoms with van der Waals surface area (Å²) in [5.74, 6) is 0.817. The standard InChI is InChI=1S/C16H24N4O2S.HI/c1-17-16(20-12-10-11-5-6-13(12)22-11)19-8-3-7-18-15(21)14-4-2-9-23-14;/h2,4,9,11-13H,3,5-8,10H2,1H3,(H,18,21)(H2,17,19,20);1H. The third-order valence-electron chi connectivity index (χ3n) is 4.33. The van der Waals surface area contributed by atoms with Crippen LogP contribution in [0.3, 0.4) is 0 Å². The molecule has 6 nitrogen and oxygen atoms in total. The van der Waals surface area contributed by atoms with E-state index in [2.05, 4.69) is 20.9 Å². The highest BCUT2D eigenvalue weighted by Gasteiger charge is 2.41. The van der Waals surface area contributed by atoms with Crippen molar-refractivity contribution < 1.29 is 9.53 Å². The molecule has 1 aromatic rings. The van der Waals surface area contributed by atoms with Gasteiger partial charge in [-0.1, -0.05) is 6.07 Å². The third kappa shape index (κ3) is 5.06. The maximum absolute atomic E-state index is 11.8. The van der Waals surface area contributed by atoms with Crippen LogP contribution in [0.15, 0.2) is 22.5 Å². The Morgan fingerprint density at radius 2 is 2.21 bits per heavy atom. The number of carbonyl (C=O) groups is 1. The van der Waals surface area contributed by atoms with Crippen LogP contribution in [0.4, 0.5) is 0 Å². The van der Waals surface area contributed by atoms with Gasteiger partial charge in [0.15, 0.2) is 5.96 Å². The SMILES string of the molecule is CN=C(NCCCNC(=O)c1cccs1)NC1CC2CCC1O2.I. The molecule has 24 heavy (non-hydrogen) atoms. The molecule has 2 bridgehead atoms. The lowest BCUT2D eigenvalue weighted by Crippen LogP contribution is -2.47. The molecule has 0 aromatic carbocycles. The van der Waals surface area contributed by atoms with E-state index in [-0.39, 0.29) is 29.9 Å². The van der Waals surface area contributed by atoms with E-state index in [1.165, 1.54) is 17.8 Å². The van der Waals surface area contributed by atoms with Crippen LogP contribution in [0.2, 0.25) is 0 Å². The van der Waals surface area contributed by atoms with Crippen LogP contribution in [-0.4, -0.2) is 50.3 Å². The number of fused-ring (bicyclic) bond motifs is 2. The van der Waals surface area contributed by atoms with Crippen LogP contribution < -0.4 is 16.0 Å². The molecule has 1 aromatic heterocycles. The summed E-state index contributed by atoms with van der Waals surface area (Å²) in [6.07, 6.45) is 5.03. The number of carbonyl (C=O) groups excluding carboxylic acids is 1. The van der Waals surface area contributed by atoms with Crippen LogP contribution >= 0.6 is 35.3 Å². The zero-order valence-corrected chi connectivity index (χ0v) is 16.9. The number of rotatable bonds is 6. The fraction of sp³-hybridized carbons (Fsp3) is 0.625. The molecule has 1 amide bonds. The number of halogens is 1. The van der Waals surface area contributed by atoms with Crippen molar-refractivity contribution in [2.45, 2.75) is 43.9 Å². The monoisotopic (exact) mass is 464 g/mol. The van der Waals surface area contributed by atoms with Gasteiger partial charge in [-0.15, -0.1) is 35.3 Å². The predicted molar refractivity (Wildman–Crippen MR) is 107 cm³/mol. The average Bonchev–Trinajstić information content (AvgIpc) is 3.30. The molecule has 3 atom stereocenters. The molecule has 3 unspecified atom stereocenters. The lowest BCUT2D eigenvalue weighted by Gasteiger charge is -2.22. The van der Waals surface area contributed by atoms with Crippen molar-refractivity contribution in [2.75, 3.05) is 20.1 Å². The minimum atomic E-state index is 0. The fourth-order valence-electron chi connectivity index (χ4n) is 3.15. The second-order valence-electron chi connectivity index (χ2n) is 5.95. The molecule has 3 N–H and O–H groups in total. The van der Waals surface area contributed by atoms with E-state index in [1.54, 1.807) is 7.05 Å². The Morgan fingerprint density at radius 1 is 1.38 bits per heavy atom. The van der Waals surface area contributed by atoms with Crippen LogP contribution in [0.5, 0.6) is 0 Å². The van der Waals surface area contributed by atoms with Gasteiger partial charge in [0.25, 0.3) is 5.91 Å². The maximum Gasteiger partial charge on any atom is 0.261 e. The number of amides is 1. The highest BCUT2D eigenvalue weighted by molar-refractivity contribution is 14.0. The Hall–Kier alpha value is -0.870. The Morgan fingerprint density at radius 3 is 2.83 bits per heavy atom. The number of hydrogen-bond acceptors (Lipinski definition) is 4. The van der Waals surface area contributed by atoms with E-state index in [1.807, 2.05) is 17.5 Å². The first-order chi connectivity index (χ1) is 11.3. The summed E-state index contributed by atoms with van der Waals surface area (Å²) >= 11 is 1.46. The molecule has 2 aliphatic rings. The maximum atomic E-state index is 11.8. The van der Waals surface area contributed by atoms with Crippen LogP contribution in [0, 0.1) is 0 Å². The van der Waals surface area contributed by atoms with Gasteiger partial charge in [-0.2, -0.15) is 0 Å². The smallest absolute Gasteiger partial charge is 0.261 e. The van der Waals surface area contributed by atoms with Gasteiger partial charge in [0.2, 0.25) is 0 Å². The van der Waals surface area contributed by atoms with Gasteiger partial charge >= 0.3 is 0 Å². The number of guanidine groups is 1. The Balaban J connectivity index is 0.00000208. The Bertz CT molecular complexity index is 552. The van der Waals surface area contributed by atoms with E-state index in [0.29, 0.717) is 24.8 Å². The summed E-state index contributed by atoms with van der Waals surface area (Å²) < 4.78 is 5.84. The first-order valence-corrected chi connectivity index (χ1v) is 9.08. The van der Waals surface area contributed by atoms with E-state index >= 15 is 0 Å². The lowest BCUT2D eigenvalue weighted by molar-refractivity contribution is 0.0957. The first kappa shape index (κ1) is 19.5. The van der Waals surface area contributed by atoms with Crippen molar-refractivity contribution in [1.82, 2.24) is 16.0 Å². The number of aliphatic imine (C=N–C) groups is 1. The number of thiophene rings is 1. The quantitative estimate of drug-likeness (QED) is 0.261. The topological polar surface area (TPSA) is 74.8 Å². The summed E-state index contributed by atoms with van der Waals surface area (Å²) in [7, 11) is 1.78. The fourth-order valence-corrected chi connectivity index (χ4v) is 3.79. The number of hydrogen-bond donors (Lipinski definition) is 3. The zero-order chi connectivity index (χ0) is 16.1. The summed E-state index contributed by atoms with van der Waals surface area (Å²) in [6, 6.07) is 4.09. The van der Waals surface area contributed by atoms with Gasteiger partial charge in [0, 0.05) is 20.1 Å². The molecule has 134 valence electrons. The van der Waals surface area contributed by atoms with Gasteiger partial charge in [0.05, 0.1) is 23.1 Å². The molecule has 2 aliphatic heterocycles. The lowest BCUT2D eigenvalue weighted by atomic mass is 9.96. The summed E-state index contributed by atoms with van der Waals surface area (Å²) in [5, 5.41) is 11.6. The molecule has 0 aliphatic carbocycles. The van der Waals surface area contributed by atoms with Gasteiger partial charge in [-0.05, 0) is 37.1 Å². The Kier molecular flexibility index (Phi) is 7.76. The van der Waals surface area contributed by atoms with Crippen molar-refractivity contribution in [3.8, 4) is 0 Å². The molecule has 8 heteroatoms. The van der Waals surface area contributed by atoms with Crippen LogP contribution in [-0.2, 0) is 4.74 Å². The molecule has 2 saturated heterocycles. The van der Waals surface area contributed by atoms with Gasteiger partial charge in [-0.25, -0.2) is 0 Å². The summed E-state index contributed by atoms with van der Waals surface area (Å²) in [4.78, 5) is 16.8. The van der Waals surface area contributed by atoms with Crippen molar-refractivity contribution >= 4 is 47.2 Å². The largest absolute Gasteiger partial charge is 0.373 e. The van der Waals surface area contributed by atoms with Crippen molar-refractivity contribution in [1.29, 1.82) is 0 Å². The average molecular weight is 464 g/mol. The molecule has 0 radical (unpaired) electrons. The van der Waals surface area contributed by atoms with Gasteiger partial charge in [0.1, 0.15) is 0 Å². The summed E-state index contributed by atoms with van der Waals surface area (Å²) in [6.45, 7) is 1.42. The molecular formula is C16H25IN4O2S. The number of nitrogens with one attached hydrogen (secondary N) is 3.